The van der Waals surface area contributed by atoms with E-state index in [4.69, 9.17) is 0 Å². The normalized spacial score (nSPS) is 18.1. The SMILES string of the molecule is C=NNC(=C)/N=C\N(CC(=O)N1CCC(F)C1)C(=O)C(F)(F)F. The first kappa shape index (κ1) is 18.6. The maximum absolute atomic E-state index is 13.0. The number of carbonyl (C=O) groups is 2. The summed E-state index contributed by atoms with van der Waals surface area (Å²) in [5, 5.41) is 3.18. The molecule has 1 heterocycles. The van der Waals surface area contributed by atoms with Gasteiger partial charge >= 0.3 is 12.1 Å². The smallest absolute Gasteiger partial charge is 0.338 e. The number of hydrogen-bond acceptors (Lipinski definition) is 5. The van der Waals surface area contributed by atoms with E-state index in [1.54, 1.807) is 0 Å². The molecule has 1 aliphatic rings. The van der Waals surface area contributed by atoms with E-state index < -0.39 is 30.7 Å². The van der Waals surface area contributed by atoms with Crippen LogP contribution in [0, 0.1) is 0 Å². The van der Waals surface area contributed by atoms with Crippen LogP contribution in [0.1, 0.15) is 6.42 Å². The van der Waals surface area contributed by atoms with E-state index in [2.05, 4.69) is 28.8 Å². The third kappa shape index (κ3) is 5.68. The number of nitrogens with one attached hydrogen (secondary N) is 1. The summed E-state index contributed by atoms with van der Waals surface area (Å²) >= 11 is 0. The van der Waals surface area contributed by atoms with Crippen LogP contribution in [0.3, 0.4) is 0 Å². The Balaban J connectivity index is 2.82. The van der Waals surface area contributed by atoms with Gasteiger partial charge in [-0.2, -0.15) is 18.3 Å². The number of rotatable bonds is 6. The van der Waals surface area contributed by atoms with Gasteiger partial charge in [-0.3, -0.25) is 19.9 Å². The van der Waals surface area contributed by atoms with Crippen molar-refractivity contribution < 1.29 is 27.2 Å². The summed E-state index contributed by atoms with van der Waals surface area (Å²) in [4.78, 5) is 27.8. The van der Waals surface area contributed by atoms with Crippen LogP contribution in [0.5, 0.6) is 0 Å². The Hall–Kier alpha value is -2.46. The molecular weight excluding hydrogens is 322 g/mol. The number of aliphatic imine (C=N–C) groups is 1. The summed E-state index contributed by atoms with van der Waals surface area (Å²) in [6.07, 6.45) is -5.79. The van der Waals surface area contributed by atoms with Crippen LogP contribution in [-0.2, 0) is 9.59 Å². The summed E-state index contributed by atoms with van der Waals surface area (Å²) < 4.78 is 50.7. The molecule has 1 N–H and O–H groups in total. The van der Waals surface area contributed by atoms with Crippen molar-refractivity contribution in [2.75, 3.05) is 19.6 Å². The highest BCUT2D eigenvalue weighted by Crippen LogP contribution is 2.19. The lowest BCUT2D eigenvalue weighted by Gasteiger charge is -2.22. The average molecular weight is 337 g/mol. The average Bonchev–Trinajstić information content (AvgIpc) is 2.88. The number of halogens is 4. The van der Waals surface area contributed by atoms with Gasteiger partial charge in [0.1, 0.15) is 24.9 Å². The molecule has 0 bridgehead atoms. The molecular formula is C12H15F4N5O2. The minimum Gasteiger partial charge on any atom is -0.338 e. The predicted molar refractivity (Wildman–Crippen MR) is 74.2 cm³/mol. The van der Waals surface area contributed by atoms with Gasteiger partial charge in [0, 0.05) is 13.3 Å². The molecule has 0 spiro atoms. The molecule has 1 atom stereocenters. The Morgan fingerprint density at radius 2 is 2.09 bits per heavy atom. The van der Waals surface area contributed by atoms with E-state index in [0.717, 1.165) is 4.90 Å². The highest BCUT2D eigenvalue weighted by atomic mass is 19.4. The van der Waals surface area contributed by atoms with E-state index in [1.165, 1.54) is 0 Å². The van der Waals surface area contributed by atoms with Gasteiger partial charge in [0.15, 0.2) is 0 Å². The number of amides is 2. The van der Waals surface area contributed by atoms with E-state index in [-0.39, 0.29) is 30.2 Å². The van der Waals surface area contributed by atoms with Gasteiger partial charge in [-0.05, 0) is 6.42 Å². The highest BCUT2D eigenvalue weighted by molar-refractivity contribution is 5.95. The Labute approximate surface area is 129 Å². The standard InChI is InChI=1S/C12H15F4N5O2/c1-8(19-17-2)18-7-21(11(23)12(14,15)16)6-10(22)20-4-3-9(13)5-20/h7,9,19H,1-6H2/b18-7-. The zero-order chi connectivity index (χ0) is 17.6. The summed E-state index contributed by atoms with van der Waals surface area (Å²) in [5.41, 5.74) is 2.15. The highest BCUT2D eigenvalue weighted by Gasteiger charge is 2.43. The first-order valence-corrected chi connectivity index (χ1v) is 6.39. The van der Waals surface area contributed by atoms with Crippen molar-refractivity contribution in [2.24, 2.45) is 10.1 Å². The second-order valence-electron chi connectivity index (χ2n) is 4.62. The van der Waals surface area contributed by atoms with Gasteiger partial charge in [0.2, 0.25) is 5.91 Å². The minimum atomic E-state index is -5.19. The van der Waals surface area contributed by atoms with Gasteiger partial charge < -0.3 is 4.90 Å². The van der Waals surface area contributed by atoms with E-state index in [9.17, 15) is 27.2 Å². The third-order valence-corrected chi connectivity index (χ3v) is 2.85. The number of alkyl halides is 4. The molecule has 0 aromatic heterocycles. The van der Waals surface area contributed by atoms with Crippen molar-refractivity contribution in [3.8, 4) is 0 Å². The summed E-state index contributed by atoms with van der Waals surface area (Å²) in [7, 11) is 0. The fourth-order valence-electron chi connectivity index (χ4n) is 1.78. The molecule has 1 aliphatic heterocycles. The molecule has 1 rings (SSSR count). The molecule has 7 nitrogen and oxygen atoms in total. The molecule has 1 unspecified atom stereocenters. The third-order valence-electron chi connectivity index (χ3n) is 2.85. The maximum atomic E-state index is 13.0. The lowest BCUT2D eigenvalue weighted by atomic mass is 10.3. The Morgan fingerprint density at radius 3 is 2.57 bits per heavy atom. The fourth-order valence-corrected chi connectivity index (χ4v) is 1.78. The van der Waals surface area contributed by atoms with Crippen LogP contribution < -0.4 is 5.43 Å². The van der Waals surface area contributed by atoms with Gasteiger partial charge in [0.05, 0.1) is 6.54 Å². The van der Waals surface area contributed by atoms with E-state index >= 15 is 0 Å². The van der Waals surface area contributed by atoms with Gasteiger partial charge in [0.25, 0.3) is 0 Å². The number of hydrogen-bond donors (Lipinski definition) is 1. The van der Waals surface area contributed by atoms with Crippen molar-refractivity contribution in [1.82, 2.24) is 15.2 Å². The second kappa shape index (κ2) is 7.70. The molecule has 1 fully saturated rings. The van der Waals surface area contributed by atoms with Crippen LogP contribution >= 0.6 is 0 Å². The van der Waals surface area contributed by atoms with Crippen molar-refractivity contribution in [1.29, 1.82) is 0 Å². The van der Waals surface area contributed by atoms with E-state index in [1.807, 2.05) is 0 Å². The molecule has 2 amide bonds. The maximum Gasteiger partial charge on any atom is 0.471 e. The monoisotopic (exact) mass is 337 g/mol. The lowest BCUT2D eigenvalue weighted by molar-refractivity contribution is -0.181. The molecule has 128 valence electrons. The quantitative estimate of drug-likeness (QED) is 0.335. The van der Waals surface area contributed by atoms with Crippen LogP contribution in [0.25, 0.3) is 0 Å². The zero-order valence-corrected chi connectivity index (χ0v) is 12.0. The zero-order valence-electron chi connectivity index (χ0n) is 12.0. The van der Waals surface area contributed by atoms with Crippen molar-refractivity contribution in [3.05, 3.63) is 12.4 Å². The largest absolute Gasteiger partial charge is 0.471 e. The van der Waals surface area contributed by atoms with Crippen LogP contribution in [0.4, 0.5) is 17.6 Å². The fraction of sp³-hybridized carbons (Fsp3) is 0.500. The molecule has 0 saturated carbocycles. The number of hydrazone groups is 1. The number of likely N-dealkylation sites (tertiary alicyclic amines) is 1. The molecule has 11 heteroatoms. The molecule has 0 aromatic rings. The molecule has 0 radical (unpaired) electrons. The first-order valence-electron chi connectivity index (χ1n) is 6.39. The van der Waals surface area contributed by atoms with Crippen molar-refractivity contribution >= 4 is 24.9 Å². The molecule has 0 aromatic carbocycles. The topological polar surface area (TPSA) is 77.4 Å². The second-order valence-corrected chi connectivity index (χ2v) is 4.62. The van der Waals surface area contributed by atoms with Crippen molar-refractivity contribution in [2.45, 2.75) is 18.8 Å². The van der Waals surface area contributed by atoms with Gasteiger partial charge in [-0.25, -0.2) is 9.38 Å². The Bertz CT molecular complexity index is 520. The van der Waals surface area contributed by atoms with Gasteiger partial charge in [-0.1, -0.05) is 6.58 Å². The Morgan fingerprint density at radius 1 is 1.43 bits per heavy atom. The summed E-state index contributed by atoms with van der Waals surface area (Å²) in [5.74, 6) is -3.27. The minimum absolute atomic E-state index is 0.0832. The first-order chi connectivity index (χ1) is 10.6. The van der Waals surface area contributed by atoms with Crippen molar-refractivity contribution in [3.63, 3.8) is 0 Å². The summed E-state index contributed by atoms with van der Waals surface area (Å²) in [6.45, 7) is 5.31. The molecule has 23 heavy (non-hydrogen) atoms. The molecule has 1 saturated heterocycles. The van der Waals surface area contributed by atoms with E-state index in [0.29, 0.717) is 6.34 Å². The van der Waals surface area contributed by atoms with Crippen LogP contribution in [0.15, 0.2) is 22.5 Å². The van der Waals surface area contributed by atoms with Crippen LogP contribution in [-0.4, -0.2) is 66.7 Å². The van der Waals surface area contributed by atoms with Crippen LogP contribution in [0.2, 0.25) is 0 Å². The lowest BCUT2D eigenvalue weighted by Crippen LogP contribution is -2.46. The number of carbonyl (C=O) groups excluding carboxylic acids is 2. The number of nitrogens with zero attached hydrogens (tertiary/aromatic N) is 4. The predicted octanol–water partition coefficient (Wildman–Crippen LogP) is 0.652. The summed E-state index contributed by atoms with van der Waals surface area (Å²) in [6, 6.07) is 0. The molecule has 0 aliphatic carbocycles. The Kier molecular flexibility index (Phi) is 6.22. The van der Waals surface area contributed by atoms with Gasteiger partial charge in [-0.15, -0.1) is 0 Å².